The molecule has 3 aromatic carbocycles. The zero-order chi connectivity index (χ0) is 22.4. The molecule has 3 aromatic rings. The molecule has 0 aromatic heterocycles. The van der Waals surface area contributed by atoms with Crippen LogP contribution in [-0.2, 0) is 0 Å². The standard InChI is InChI=1S/C23H21N3O5/c1-3-31-21-12-11-16(14-20(21)26(29)30)22(27)25-19-10-5-4-9-18(19)23(28)24-17-8-6-7-15(2)13-17/h4-14H,3H2,1-2H3,(H,24,28)(H,25,27). The molecular formula is C23H21N3O5. The number of carbonyl (C=O) groups is 2. The average molecular weight is 419 g/mol. The number of nitro groups is 1. The first-order chi connectivity index (χ1) is 14.9. The predicted molar refractivity (Wildman–Crippen MR) is 118 cm³/mol. The fourth-order valence-corrected chi connectivity index (χ4v) is 2.98. The van der Waals surface area contributed by atoms with E-state index in [0.717, 1.165) is 11.6 Å². The minimum absolute atomic E-state index is 0.0732. The van der Waals surface area contributed by atoms with Crippen LogP contribution in [0.2, 0.25) is 0 Å². The summed E-state index contributed by atoms with van der Waals surface area (Å²) in [6.45, 7) is 3.89. The molecule has 8 heteroatoms. The van der Waals surface area contributed by atoms with Crippen LogP contribution < -0.4 is 15.4 Å². The second kappa shape index (κ2) is 9.53. The van der Waals surface area contributed by atoms with Crippen molar-refractivity contribution >= 4 is 28.9 Å². The summed E-state index contributed by atoms with van der Waals surface area (Å²) in [5.41, 5.74) is 1.95. The van der Waals surface area contributed by atoms with E-state index in [4.69, 9.17) is 4.74 Å². The van der Waals surface area contributed by atoms with Gasteiger partial charge in [0, 0.05) is 17.3 Å². The lowest BCUT2D eigenvalue weighted by Crippen LogP contribution is -2.18. The number of nitrogens with zero attached hydrogens (tertiary/aromatic N) is 1. The summed E-state index contributed by atoms with van der Waals surface area (Å²) in [6, 6.07) is 17.8. The van der Waals surface area contributed by atoms with Crippen molar-refractivity contribution in [2.45, 2.75) is 13.8 Å². The van der Waals surface area contributed by atoms with Gasteiger partial charge in [0.15, 0.2) is 5.75 Å². The van der Waals surface area contributed by atoms with E-state index in [1.165, 1.54) is 12.1 Å². The summed E-state index contributed by atoms with van der Waals surface area (Å²) < 4.78 is 5.24. The van der Waals surface area contributed by atoms with Crippen molar-refractivity contribution in [3.05, 3.63) is 93.5 Å². The van der Waals surface area contributed by atoms with E-state index in [9.17, 15) is 19.7 Å². The number of amides is 2. The van der Waals surface area contributed by atoms with Gasteiger partial charge in [0.1, 0.15) is 0 Å². The summed E-state index contributed by atoms with van der Waals surface area (Å²) in [6.07, 6.45) is 0. The second-order valence-electron chi connectivity index (χ2n) is 6.70. The Balaban J connectivity index is 1.83. The van der Waals surface area contributed by atoms with Crippen molar-refractivity contribution in [2.75, 3.05) is 17.2 Å². The van der Waals surface area contributed by atoms with Crippen molar-refractivity contribution in [1.29, 1.82) is 0 Å². The van der Waals surface area contributed by atoms with Crippen LogP contribution in [0.3, 0.4) is 0 Å². The number of ether oxygens (including phenoxy) is 1. The molecule has 31 heavy (non-hydrogen) atoms. The third kappa shape index (κ3) is 5.24. The highest BCUT2D eigenvalue weighted by molar-refractivity contribution is 6.12. The van der Waals surface area contributed by atoms with E-state index in [0.29, 0.717) is 5.69 Å². The molecule has 0 aliphatic heterocycles. The largest absolute Gasteiger partial charge is 0.487 e. The number of hydrogen-bond donors (Lipinski definition) is 2. The molecular weight excluding hydrogens is 398 g/mol. The zero-order valence-corrected chi connectivity index (χ0v) is 17.0. The van der Waals surface area contributed by atoms with Gasteiger partial charge in [-0.2, -0.15) is 0 Å². The Bertz CT molecular complexity index is 1140. The Kier molecular flexibility index (Phi) is 6.61. The molecule has 0 fully saturated rings. The molecule has 0 aliphatic carbocycles. The molecule has 0 spiro atoms. The van der Waals surface area contributed by atoms with E-state index in [1.807, 2.05) is 25.1 Å². The minimum atomic E-state index is -0.606. The summed E-state index contributed by atoms with van der Waals surface area (Å²) in [7, 11) is 0. The SMILES string of the molecule is CCOc1ccc(C(=O)Nc2ccccc2C(=O)Nc2cccc(C)c2)cc1[N+](=O)[O-]. The predicted octanol–water partition coefficient (Wildman–Crippen LogP) is 4.81. The van der Waals surface area contributed by atoms with E-state index < -0.39 is 10.8 Å². The topological polar surface area (TPSA) is 111 Å². The molecule has 0 radical (unpaired) electrons. The van der Waals surface area contributed by atoms with Gasteiger partial charge in [-0.15, -0.1) is 0 Å². The molecule has 0 atom stereocenters. The maximum atomic E-state index is 12.8. The van der Waals surface area contributed by atoms with Crippen molar-refractivity contribution in [1.82, 2.24) is 0 Å². The third-order valence-electron chi connectivity index (χ3n) is 4.41. The molecule has 0 saturated carbocycles. The maximum Gasteiger partial charge on any atom is 0.311 e. The van der Waals surface area contributed by atoms with Crippen LogP contribution in [0, 0.1) is 17.0 Å². The molecule has 0 aliphatic rings. The number of nitrogens with one attached hydrogen (secondary N) is 2. The lowest BCUT2D eigenvalue weighted by Gasteiger charge is -2.12. The summed E-state index contributed by atoms with van der Waals surface area (Å²) in [5.74, 6) is -0.886. The molecule has 0 heterocycles. The second-order valence-corrected chi connectivity index (χ2v) is 6.70. The number of para-hydroxylation sites is 1. The third-order valence-corrected chi connectivity index (χ3v) is 4.41. The molecule has 8 nitrogen and oxygen atoms in total. The fraction of sp³-hybridized carbons (Fsp3) is 0.130. The molecule has 0 bridgehead atoms. The van der Waals surface area contributed by atoms with E-state index in [2.05, 4.69) is 10.6 Å². The molecule has 3 rings (SSSR count). The van der Waals surface area contributed by atoms with Crippen LogP contribution in [-0.4, -0.2) is 23.3 Å². The Morgan fingerprint density at radius 2 is 1.74 bits per heavy atom. The van der Waals surface area contributed by atoms with E-state index in [1.54, 1.807) is 37.3 Å². The highest BCUT2D eigenvalue weighted by Gasteiger charge is 2.20. The molecule has 0 saturated heterocycles. The zero-order valence-electron chi connectivity index (χ0n) is 17.0. The van der Waals surface area contributed by atoms with Gasteiger partial charge in [-0.25, -0.2) is 0 Å². The van der Waals surface area contributed by atoms with Gasteiger partial charge < -0.3 is 15.4 Å². The molecule has 0 unspecified atom stereocenters. The number of anilines is 2. The van der Waals surface area contributed by atoms with Gasteiger partial charge >= 0.3 is 5.69 Å². The van der Waals surface area contributed by atoms with Crippen molar-refractivity contribution in [3.8, 4) is 5.75 Å². The van der Waals surface area contributed by atoms with Gasteiger partial charge in [0.05, 0.1) is 22.8 Å². The Morgan fingerprint density at radius 3 is 2.45 bits per heavy atom. The first-order valence-electron chi connectivity index (χ1n) is 9.58. The summed E-state index contributed by atoms with van der Waals surface area (Å²) in [5, 5.41) is 16.8. The number of hydrogen-bond acceptors (Lipinski definition) is 5. The quantitative estimate of drug-likeness (QED) is 0.422. The molecule has 2 amide bonds. The Morgan fingerprint density at radius 1 is 0.968 bits per heavy atom. The van der Waals surface area contributed by atoms with Crippen LogP contribution in [0.25, 0.3) is 0 Å². The monoisotopic (exact) mass is 419 g/mol. The number of nitro benzene ring substituents is 1. The van der Waals surface area contributed by atoms with Gasteiger partial charge in [0.25, 0.3) is 11.8 Å². The normalized spacial score (nSPS) is 10.3. The average Bonchev–Trinajstić information content (AvgIpc) is 2.74. The van der Waals surface area contributed by atoms with Crippen molar-refractivity contribution in [2.24, 2.45) is 0 Å². The number of benzene rings is 3. The maximum absolute atomic E-state index is 12.8. The van der Waals surface area contributed by atoms with Crippen LogP contribution in [0.4, 0.5) is 17.1 Å². The highest BCUT2D eigenvalue weighted by atomic mass is 16.6. The van der Waals surface area contributed by atoms with Crippen LogP contribution >= 0.6 is 0 Å². The van der Waals surface area contributed by atoms with Crippen LogP contribution in [0.5, 0.6) is 5.75 Å². The van der Waals surface area contributed by atoms with E-state index >= 15 is 0 Å². The number of aryl methyl sites for hydroxylation is 1. The Labute approximate surface area is 179 Å². The van der Waals surface area contributed by atoms with Crippen LogP contribution in [0.1, 0.15) is 33.2 Å². The smallest absolute Gasteiger partial charge is 0.311 e. The molecule has 158 valence electrons. The number of carbonyl (C=O) groups excluding carboxylic acids is 2. The van der Waals surface area contributed by atoms with Gasteiger partial charge in [-0.1, -0.05) is 24.3 Å². The lowest BCUT2D eigenvalue weighted by molar-refractivity contribution is -0.385. The van der Waals surface area contributed by atoms with Gasteiger partial charge in [0.2, 0.25) is 0 Å². The van der Waals surface area contributed by atoms with Crippen molar-refractivity contribution < 1.29 is 19.2 Å². The fourth-order valence-electron chi connectivity index (χ4n) is 2.98. The van der Waals surface area contributed by atoms with E-state index in [-0.39, 0.29) is 40.8 Å². The highest BCUT2D eigenvalue weighted by Crippen LogP contribution is 2.28. The van der Waals surface area contributed by atoms with Crippen molar-refractivity contribution in [3.63, 3.8) is 0 Å². The Hall–Kier alpha value is -4.20. The van der Waals surface area contributed by atoms with Gasteiger partial charge in [-0.3, -0.25) is 19.7 Å². The summed E-state index contributed by atoms with van der Waals surface area (Å²) >= 11 is 0. The van der Waals surface area contributed by atoms with Gasteiger partial charge in [-0.05, 0) is 55.8 Å². The number of rotatable bonds is 7. The first kappa shape index (κ1) is 21.5. The first-order valence-corrected chi connectivity index (χ1v) is 9.58. The summed E-state index contributed by atoms with van der Waals surface area (Å²) in [4.78, 5) is 36.2. The minimum Gasteiger partial charge on any atom is -0.487 e. The lowest BCUT2D eigenvalue weighted by atomic mass is 10.1. The molecule has 2 N–H and O–H groups in total. The van der Waals surface area contributed by atoms with Crippen LogP contribution in [0.15, 0.2) is 66.7 Å².